The molecule has 0 unspecified atom stereocenters. The van der Waals surface area contributed by atoms with Gasteiger partial charge in [-0.25, -0.2) is 8.42 Å². The first-order valence-corrected chi connectivity index (χ1v) is 8.75. The van der Waals surface area contributed by atoms with Gasteiger partial charge in [0, 0.05) is 6.92 Å². The van der Waals surface area contributed by atoms with Gasteiger partial charge in [-0.1, -0.05) is 23.8 Å². The van der Waals surface area contributed by atoms with Crippen LogP contribution in [0.15, 0.2) is 41.3 Å². The summed E-state index contributed by atoms with van der Waals surface area (Å²) >= 11 is 0. The average Bonchev–Trinajstić information content (AvgIpc) is 2.50. The van der Waals surface area contributed by atoms with Crippen LogP contribution in [0, 0.1) is 24.0 Å². The van der Waals surface area contributed by atoms with Gasteiger partial charge in [0.1, 0.15) is 11.4 Å². The van der Waals surface area contributed by atoms with Crippen molar-refractivity contribution in [2.45, 2.75) is 25.7 Å². The number of nitrogens with zero attached hydrogens (tertiary/aromatic N) is 1. The lowest BCUT2D eigenvalue weighted by atomic mass is 10.1. The molecule has 0 spiro atoms. The van der Waals surface area contributed by atoms with Crippen molar-refractivity contribution in [1.82, 2.24) is 0 Å². The Balaban J connectivity index is 2.54. The third kappa shape index (κ3) is 4.13. The van der Waals surface area contributed by atoms with Gasteiger partial charge in [-0.2, -0.15) is 0 Å². The molecule has 8 nitrogen and oxygen atoms in total. The van der Waals surface area contributed by atoms with Crippen LogP contribution in [0.5, 0.6) is 0 Å². The maximum atomic E-state index is 12.5. The monoisotopic (exact) mass is 363 g/mol. The van der Waals surface area contributed by atoms with E-state index in [-0.39, 0.29) is 16.3 Å². The number of nitro benzene ring substituents is 1. The van der Waals surface area contributed by atoms with E-state index >= 15 is 0 Å². The predicted octanol–water partition coefficient (Wildman–Crippen LogP) is 2.97. The summed E-state index contributed by atoms with van der Waals surface area (Å²) in [6.07, 6.45) is 0. The lowest BCUT2D eigenvalue weighted by molar-refractivity contribution is -0.383. The second-order valence-electron chi connectivity index (χ2n) is 5.51. The van der Waals surface area contributed by atoms with Crippen LogP contribution in [-0.4, -0.2) is 19.2 Å². The zero-order chi connectivity index (χ0) is 18.8. The predicted molar refractivity (Wildman–Crippen MR) is 94.1 cm³/mol. The molecule has 132 valence electrons. The Morgan fingerprint density at radius 1 is 1.08 bits per heavy atom. The largest absolute Gasteiger partial charge is 0.320 e. The van der Waals surface area contributed by atoms with Crippen LogP contribution in [0.4, 0.5) is 17.1 Å². The molecule has 0 aliphatic heterocycles. The molecule has 2 N–H and O–H groups in total. The Bertz CT molecular complexity index is 937. The van der Waals surface area contributed by atoms with Crippen LogP contribution in [-0.2, 0) is 14.8 Å². The first kappa shape index (κ1) is 18.4. The lowest BCUT2D eigenvalue weighted by Gasteiger charge is -2.13. The molecule has 0 aromatic heterocycles. The molecule has 2 aromatic carbocycles. The highest BCUT2D eigenvalue weighted by atomic mass is 32.2. The van der Waals surface area contributed by atoms with Crippen molar-refractivity contribution >= 4 is 33.0 Å². The minimum Gasteiger partial charge on any atom is -0.320 e. The molecule has 1 amide bonds. The topological polar surface area (TPSA) is 118 Å². The molecule has 0 aliphatic carbocycles. The van der Waals surface area contributed by atoms with E-state index in [0.717, 1.165) is 5.56 Å². The number of rotatable bonds is 5. The molecule has 0 fully saturated rings. The number of carbonyl (C=O) groups is 1. The third-order valence-corrected chi connectivity index (χ3v) is 4.83. The average molecular weight is 363 g/mol. The summed E-state index contributed by atoms with van der Waals surface area (Å²) in [6.45, 7) is 4.61. The number of sulfonamides is 1. The maximum absolute atomic E-state index is 12.5. The molecule has 2 aromatic rings. The highest BCUT2D eigenvalue weighted by Gasteiger charge is 2.26. The Morgan fingerprint density at radius 3 is 2.20 bits per heavy atom. The number of nitrogens with one attached hydrogen (secondary N) is 2. The fourth-order valence-electron chi connectivity index (χ4n) is 2.22. The molecule has 9 heteroatoms. The van der Waals surface area contributed by atoms with E-state index in [1.807, 2.05) is 6.92 Å². The summed E-state index contributed by atoms with van der Waals surface area (Å²) in [6, 6.07) is 8.86. The molecule has 0 atom stereocenters. The quantitative estimate of drug-likeness (QED) is 0.625. The summed E-state index contributed by atoms with van der Waals surface area (Å²) in [4.78, 5) is 22.0. The number of aryl methyl sites for hydroxylation is 2. The third-order valence-electron chi connectivity index (χ3n) is 3.45. The van der Waals surface area contributed by atoms with Gasteiger partial charge in [0.25, 0.3) is 10.0 Å². The van der Waals surface area contributed by atoms with Gasteiger partial charge < -0.3 is 5.32 Å². The Labute approximate surface area is 145 Å². The molecule has 0 bridgehead atoms. The number of benzene rings is 2. The van der Waals surface area contributed by atoms with Crippen LogP contribution >= 0.6 is 0 Å². The Kier molecular flexibility index (Phi) is 5.07. The fourth-order valence-corrected chi connectivity index (χ4v) is 3.29. The minimum atomic E-state index is -4.01. The Morgan fingerprint density at radius 2 is 1.68 bits per heavy atom. The van der Waals surface area contributed by atoms with Crippen molar-refractivity contribution in [2.24, 2.45) is 0 Å². The van der Waals surface area contributed by atoms with Gasteiger partial charge in [-0.05, 0) is 37.6 Å². The number of nitro groups is 1. The van der Waals surface area contributed by atoms with Gasteiger partial charge >= 0.3 is 5.69 Å². The van der Waals surface area contributed by atoms with Gasteiger partial charge in [0.15, 0.2) is 0 Å². The van der Waals surface area contributed by atoms with E-state index in [1.165, 1.54) is 31.2 Å². The van der Waals surface area contributed by atoms with Gasteiger partial charge in [0.2, 0.25) is 5.91 Å². The smallest absolute Gasteiger partial charge is 0.316 e. The molecule has 25 heavy (non-hydrogen) atoms. The number of anilines is 2. The summed E-state index contributed by atoms with van der Waals surface area (Å²) < 4.78 is 27.2. The van der Waals surface area contributed by atoms with E-state index in [4.69, 9.17) is 0 Å². The van der Waals surface area contributed by atoms with Crippen molar-refractivity contribution < 1.29 is 18.1 Å². The number of amides is 1. The first-order valence-electron chi connectivity index (χ1n) is 7.27. The molecular formula is C16H17N3O5S. The van der Waals surface area contributed by atoms with Gasteiger partial charge in [0.05, 0.1) is 9.82 Å². The molecule has 0 aliphatic rings. The van der Waals surface area contributed by atoms with Crippen LogP contribution in [0.3, 0.4) is 0 Å². The van der Waals surface area contributed by atoms with E-state index < -0.39 is 26.5 Å². The van der Waals surface area contributed by atoms with Crippen molar-refractivity contribution in [3.05, 3.63) is 57.6 Å². The highest BCUT2D eigenvalue weighted by Crippen LogP contribution is 2.36. The number of hydrogen-bond acceptors (Lipinski definition) is 5. The maximum Gasteiger partial charge on any atom is 0.316 e. The summed E-state index contributed by atoms with van der Waals surface area (Å²) in [5.74, 6) is -0.496. The van der Waals surface area contributed by atoms with E-state index in [0.29, 0.717) is 5.56 Å². The van der Waals surface area contributed by atoms with Gasteiger partial charge in [-0.3, -0.25) is 19.6 Å². The normalized spacial score (nSPS) is 11.0. The minimum absolute atomic E-state index is 0.0194. The zero-order valence-corrected chi connectivity index (χ0v) is 14.7. The van der Waals surface area contributed by atoms with Crippen LogP contribution in [0.25, 0.3) is 0 Å². The molecule has 0 radical (unpaired) electrons. The molecule has 2 rings (SSSR count). The van der Waals surface area contributed by atoms with Crippen molar-refractivity contribution in [3.8, 4) is 0 Å². The second-order valence-corrected chi connectivity index (χ2v) is 7.19. The van der Waals surface area contributed by atoms with Crippen molar-refractivity contribution in [1.29, 1.82) is 0 Å². The molecule has 0 saturated carbocycles. The molecule has 0 saturated heterocycles. The van der Waals surface area contributed by atoms with Crippen LogP contribution in [0.2, 0.25) is 0 Å². The summed E-state index contributed by atoms with van der Waals surface area (Å²) in [7, 11) is -4.01. The van der Waals surface area contributed by atoms with Crippen molar-refractivity contribution in [2.75, 3.05) is 10.0 Å². The summed E-state index contributed by atoms with van der Waals surface area (Å²) in [5, 5.41) is 13.8. The lowest BCUT2D eigenvalue weighted by Crippen LogP contribution is -2.16. The van der Waals surface area contributed by atoms with Crippen molar-refractivity contribution in [3.63, 3.8) is 0 Å². The summed E-state index contributed by atoms with van der Waals surface area (Å²) in [5.41, 5.74) is 0.556. The number of carbonyl (C=O) groups excluding carboxylic acids is 1. The molecular weight excluding hydrogens is 346 g/mol. The van der Waals surface area contributed by atoms with E-state index in [9.17, 15) is 23.3 Å². The zero-order valence-electron chi connectivity index (χ0n) is 13.9. The molecule has 0 heterocycles. The van der Waals surface area contributed by atoms with Gasteiger partial charge in [-0.15, -0.1) is 0 Å². The van der Waals surface area contributed by atoms with Crippen LogP contribution < -0.4 is 10.0 Å². The van der Waals surface area contributed by atoms with E-state index in [1.54, 1.807) is 19.1 Å². The standard InChI is InChI=1S/C16H17N3O5S/c1-10-4-7-13(8-5-10)25(23,24)18-14-9-6-11(2)15(17-12(3)20)16(14)19(21)22/h4-9,18H,1-3H3,(H,17,20). The highest BCUT2D eigenvalue weighted by molar-refractivity contribution is 7.92. The number of hydrogen-bond donors (Lipinski definition) is 2. The second kappa shape index (κ2) is 6.89. The first-order chi connectivity index (χ1) is 11.6. The fraction of sp³-hybridized carbons (Fsp3) is 0.188. The van der Waals surface area contributed by atoms with E-state index in [2.05, 4.69) is 10.0 Å². The Hall–Kier alpha value is -2.94. The SMILES string of the molecule is CC(=O)Nc1c(C)ccc(NS(=O)(=O)c2ccc(C)cc2)c1[N+](=O)[O-]. The van der Waals surface area contributed by atoms with Crippen LogP contribution in [0.1, 0.15) is 18.1 Å².